The van der Waals surface area contributed by atoms with Crippen LogP contribution in [0.4, 0.5) is 4.39 Å². The molecular formula is C20H15FN6S. The molecule has 0 aliphatic heterocycles. The first kappa shape index (κ1) is 16.8. The highest BCUT2D eigenvalue weighted by atomic mass is 32.1. The topological polar surface area (TPSA) is 60.9 Å². The molecule has 0 atom stereocenters. The highest BCUT2D eigenvalue weighted by Gasteiger charge is 2.18. The number of aromatic nitrogens is 6. The van der Waals surface area contributed by atoms with Gasteiger partial charge in [-0.25, -0.2) is 9.07 Å². The van der Waals surface area contributed by atoms with Gasteiger partial charge in [0.05, 0.1) is 23.1 Å². The molecule has 0 spiro atoms. The first-order valence-electron chi connectivity index (χ1n) is 8.75. The summed E-state index contributed by atoms with van der Waals surface area (Å²) >= 11 is 1.44. The fourth-order valence-corrected chi connectivity index (χ4v) is 4.06. The lowest BCUT2D eigenvalue weighted by atomic mass is 10.1. The van der Waals surface area contributed by atoms with Crippen molar-refractivity contribution in [3.8, 4) is 16.3 Å². The third kappa shape index (κ3) is 2.78. The average Bonchev–Trinajstić information content (AvgIpc) is 3.39. The first-order valence-corrected chi connectivity index (χ1v) is 9.57. The largest absolute Gasteiger partial charge is 0.237 e. The van der Waals surface area contributed by atoms with Gasteiger partial charge in [0.25, 0.3) is 0 Å². The number of halogens is 1. The zero-order chi connectivity index (χ0) is 19.1. The summed E-state index contributed by atoms with van der Waals surface area (Å²) in [7, 11) is 0. The van der Waals surface area contributed by atoms with Gasteiger partial charge in [-0.15, -0.1) is 10.2 Å². The fraction of sp³-hybridized carbons (Fsp3) is 0.100. The third-order valence-corrected chi connectivity index (χ3v) is 5.53. The monoisotopic (exact) mass is 390 g/mol. The molecule has 5 aromatic rings. The van der Waals surface area contributed by atoms with Crippen molar-refractivity contribution in [2.45, 2.75) is 13.3 Å². The average molecular weight is 390 g/mol. The minimum Gasteiger partial charge on any atom is -0.237 e. The second-order valence-corrected chi connectivity index (χ2v) is 7.33. The quantitative estimate of drug-likeness (QED) is 0.464. The van der Waals surface area contributed by atoms with Gasteiger partial charge in [0.1, 0.15) is 5.82 Å². The number of nitrogens with zero attached hydrogens (tertiary/aromatic N) is 6. The van der Waals surface area contributed by atoms with E-state index in [1.54, 1.807) is 16.6 Å². The van der Waals surface area contributed by atoms with E-state index in [4.69, 9.17) is 0 Å². The van der Waals surface area contributed by atoms with E-state index < -0.39 is 0 Å². The summed E-state index contributed by atoms with van der Waals surface area (Å²) in [5.74, 6) is 0.352. The summed E-state index contributed by atoms with van der Waals surface area (Å²) in [5, 5.41) is 18.4. The summed E-state index contributed by atoms with van der Waals surface area (Å²) in [6.45, 7) is 2.01. The van der Waals surface area contributed by atoms with Crippen LogP contribution in [0, 0.1) is 12.7 Å². The number of para-hydroxylation sites is 1. The Morgan fingerprint density at radius 2 is 1.79 bits per heavy atom. The molecule has 2 aromatic carbocycles. The molecule has 8 heteroatoms. The number of hydrogen-bond donors (Lipinski definition) is 0. The van der Waals surface area contributed by atoms with Gasteiger partial charge in [-0.1, -0.05) is 47.7 Å². The third-order valence-electron chi connectivity index (χ3n) is 4.60. The second-order valence-electron chi connectivity index (χ2n) is 6.38. The molecule has 0 amide bonds. The van der Waals surface area contributed by atoms with Crippen LogP contribution in [0.15, 0.2) is 60.8 Å². The van der Waals surface area contributed by atoms with Crippen LogP contribution < -0.4 is 0 Å². The van der Waals surface area contributed by atoms with E-state index >= 15 is 0 Å². The summed E-state index contributed by atoms with van der Waals surface area (Å²) in [6, 6.07) is 16.6. The van der Waals surface area contributed by atoms with Gasteiger partial charge in [-0.2, -0.15) is 14.7 Å². The van der Waals surface area contributed by atoms with E-state index in [2.05, 4.69) is 20.4 Å². The van der Waals surface area contributed by atoms with Gasteiger partial charge in [0, 0.05) is 6.42 Å². The summed E-state index contributed by atoms with van der Waals surface area (Å²) in [5.41, 5.74) is 3.50. The van der Waals surface area contributed by atoms with Crippen LogP contribution >= 0.6 is 11.3 Å². The van der Waals surface area contributed by atoms with E-state index in [1.165, 1.54) is 17.4 Å². The molecule has 0 bridgehead atoms. The molecule has 0 unspecified atom stereocenters. The Morgan fingerprint density at radius 3 is 2.61 bits per heavy atom. The van der Waals surface area contributed by atoms with Crippen molar-refractivity contribution in [1.29, 1.82) is 0 Å². The molecule has 0 radical (unpaired) electrons. The Morgan fingerprint density at radius 1 is 1.00 bits per heavy atom. The zero-order valence-electron chi connectivity index (χ0n) is 15.0. The Kier molecular flexibility index (Phi) is 3.98. The minimum atomic E-state index is -0.255. The fourth-order valence-electron chi connectivity index (χ4n) is 3.14. The number of rotatable bonds is 4. The summed E-state index contributed by atoms with van der Waals surface area (Å²) < 4.78 is 17.6. The van der Waals surface area contributed by atoms with E-state index in [0.29, 0.717) is 22.8 Å². The van der Waals surface area contributed by atoms with Crippen molar-refractivity contribution >= 4 is 16.3 Å². The Hall–Kier alpha value is -3.39. The summed E-state index contributed by atoms with van der Waals surface area (Å²) in [6.07, 6.45) is 2.14. The highest BCUT2D eigenvalue weighted by Crippen LogP contribution is 2.29. The second kappa shape index (κ2) is 6.65. The molecule has 0 N–H and O–H groups in total. The van der Waals surface area contributed by atoms with Gasteiger partial charge in [-0.3, -0.25) is 0 Å². The van der Waals surface area contributed by atoms with Crippen molar-refractivity contribution in [3.63, 3.8) is 0 Å². The Balaban J connectivity index is 1.53. The van der Waals surface area contributed by atoms with E-state index in [-0.39, 0.29) is 5.82 Å². The molecule has 28 heavy (non-hydrogen) atoms. The van der Waals surface area contributed by atoms with Crippen LogP contribution in [0.2, 0.25) is 0 Å². The van der Waals surface area contributed by atoms with E-state index in [1.807, 2.05) is 54.2 Å². The van der Waals surface area contributed by atoms with Crippen molar-refractivity contribution < 1.29 is 4.39 Å². The molecule has 0 saturated carbocycles. The van der Waals surface area contributed by atoms with Crippen molar-refractivity contribution in [2.75, 3.05) is 0 Å². The molecule has 0 saturated heterocycles. The smallest absolute Gasteiger partial charge is 0.234 e. The maximum Gasteiger partial charge on any atom is 0.234 e. The lowest BCUT2D eigenvalue weighted by molar-refractivity contribution is 0.611. The predicted octanol–water partition coefficient (Wildman–Crippen LogP) is 4.08. The number of benzene rings is 2. The van der Waals surface area contributed by atoms with Crippen LogP contribution in [-0.4, -0.2) is 29.6 Å². The lowest BCUT2D eigenvalue weighted by Crippen LogP contribution is -2.00. The van der Waals surface area contributed by atoms with Gasteiger partial charge in [0.2, 0.25) is 4.96 Å². The van der Waals surface area contributed by atoms with Crippen LogP contribution in [0.25, 0.3) is 21.2 Å². The van der Waals surface area contributed by atoms with E-state index in [9.17, 15) is 4.39 Å². The Labute approximate surface area is 163 Å². The van der Waals surface area contributed by atoms with Crippen molar-refractivity contribution in [2.24, 2.45) is 0 Å². The zero-order valence-corrected chi connectivity index (χ0v) is 15.8. The van der Waals surface area contributed by atoms with Crippen LogP contribution in [0.5, 0.6) is 0 Å². The first-order chi connectivity index (χ1) is 13.7. The standard InChI is InChI=1S/C20H15FN6S/c1-13-16(12-22-26(13)15-8-3-2-4-9-15)19-25-27-18(23-24-20(27)28-19)11-14-7-5-6-10-17(14)21/h2-10,12H,11H2,1H3. The Bertz CT molecular complexity index is 1270. The maximum absolute atomic E-state index is 14.0. The molecule has 0 fully saturated rings. The molecule has 6 nitrogen and oxygen atoms in total. The molecule has 0 aliphatic rings. The lowest BCUT2D eigenvalue weighted by Gasteiger charge is -2.04. The summed E-state index contributed by atoms with van der Waals surface area (Å²) in [4.78, 5) is 0.674. The molecule has 3 aromatic heterocycles. The highest BCUT2D eigenvalue weighted by molar-refractivity contribution is 7.19. The molecule has 138 valence electrons. The minimum absolute atomic E-state index is 0.255. The van der Waals surface area contributed by atoms with Crippen molar-refractivity contribution in [1.82, 2.24) is 29.6 Å². The van der Waals surface area contributed by atoms with E-state index in [0.717, 1.165) is 22.0 Å². The molecule has 0 aliphatic carbocycles. The van der Waals surface area contributed by atoms with Crippen LogP contribution in [-0.2, 0) is 6.42 Å². The van der Waals surface area contributed by atoms with Crippen LogP contribution in [0.3, 0.4) is 0 Å². The number of hydrogen-bond acceptors (Lipinski definition) is 5. The number of fused-ring (bicyclic) bond motifs is 1. The van der Waals surface area contributed by atoms with Gasteiger partial charge >= 0.3 is 0 Å². The maximum atomic E-state index is 14.0. The predicted molar refractivity (Wildman–Crippen MR) is 105 cm³/mol. The van der Waals surface area contributed by atoms with Gasteiger partial charge in [0.15, 0.2) is 10.8 Å². The SMILES string of the molecule is Cc1c(-c2nn3c(Cc4ccccc4F)nnc3s2)cnn1-c1ccccc1. The molecular weight excluding hydrogens is 375 g/mol. The molecule has 3 heterocycles. The molecule has 5 rings (SSSR count). The van der Waals surface area contributed by atoms with Gasteiger partial charge in [-0.05, 0) is 30.7 Å². The van der Waals surface area contributed by atoms with Gasteiger partial charge < -0.3 is 0 Å². The normalized spacial score (nSPS) is 11.4. The van der Waals surface area contributed by atoms with Crippen molar-refractivity contribution in [3.05, 3.63) is 83.7 Å². The van der Waals surface area contributed by atoms with Crippen LogP contribution in [0.1, 0.15) is 17.1 Å².